The van der Waals surface area contributed by atoms with Gasteiger partial charge in [-0.25, -0.2) is 4.79 Å². The lowest BCUT2D eigenvalue weighted by atomic mass is 10.1. The van der Waals surface area contributed by atoms with Crippen LogP contribution in [0.15, 0.2) is 10.6 Å². The van der Waals surface area contributed by atoms with Gasteiger partial charge < -0.3 is 20.1 Å². The predicted molar refractivity (Wildman–Crippen MR) is 57.0 cm³/mol. The molecule has 1 heterocycles. The summed E-state index contributed by atoms with van der Waals surface area (Å²) in [6, 6.07) is 0.0800. The molecule has 0 aliphatic carbocycles. The molecule has 1 unspecified atom stereocenters. The molecule has 0 aliphatic rings. The van der Waals surface area contributed by atoms with E-state index in [0.717, 1.165) is 0 Å². The second kappa shape index (κ2) is 5.80. The van der Waals surface area contributed by atoms with E-state index in [4.69, 9.17) is 10.2 Å². The summed E-state index contributed by atoms with van der Waals surface area (Å²) >= 11 is 0. The highest BCUT2D eigenvalue weighted by atomic mass is 16.5. The monoisotopic (exact) mass is 256 g/mol. The van der Waals surface area contributed by atoms with E-state index >= 15 is 0 Å². The molecule has 1 rings (SSSR count). The Balaban J connectivity index is 2.63. The van der Waals surface area contributed by atoms with Gasteiger partial charge in [0, 0.05) is 12.5 Å². The maximum Gasteiger partial charge on any atom is 0.326 e. The zero-order chi connectivity index (χ0) is 13.7. The van der Waals surface area contributed by atoms with Crippen molar-refractivity contribution >= 4 is 17.8 Å². The van der Waals surface area contributed by atoms with E-state index in [0.29, 0.717) is 5.76 Å². The Bertz CT molecular complexity index is 467. The number of hydrogen-bond acceptors (Lipinski definition) is 5. The van der Waals surface area contributed by atoms with Crippen molar-refractivity contribution in [1.82, 2.24) is 10.5 Å². The van der Waals surface area contributed by atoms with Gasteiger partial charge in [0.25, 0.3) is 5.91 Å². The molecule has 0 radical (unpaired) electrons. The lowest BCUT2D eigenvalue weighted by molar-refractivity contribution is -0.140. The SMILES string of the molecule is Cc1cc(C(=O)NC(CCC(=O)O)C(=O)O)no1. The molecular formula is C10H12N2O6. The smallest absolute Gasteiger partial charge is 0.326 e. The van der Waals surface area contributed by atoms with Gasteiger partial charge in [0.15, 0.2) is 5.69 Å². The molecule has 3 N–H and O–H groups in total. The van der Waals surface area contributed by atoms with E-state index in [9.17, 15) is 14.4 Å². The summed E-state index contributed by atoms with van der Waals surface area (Å²) in [6.07, 6.45) is -0.553. The van der Waals surface area contributed by atoms with Gasteiger partial charge in [0.2, 0.25) is 0 Å². The van der Waals surface area contributed by atoms with Gasteiger partial charge in [0.1, 0.15) is 11.8 Å². The number of carbonyl (C=O) groups is 3. The predicted octanol–water partition coefficient (Wildman–Crippen LogP) is 0.0308. The Kier molecular flexibility index (Phi) is 4.41. The number of nitrogens with one attached hydrogen (secondary N) is 1. The molecule has 0 aromatic carbocycles. The van der Waals surface area contributed by atoms with Crippen LogP contribution in [-0.4, -0.2) is 39.3 Å². The van der Waals surface area contributed by atoms with E-state index in [1.54, 1.807) is 6.92 Å². The number of aromatic nitrogens is 1. The van der Waals surface area contributed by atoms with Crippen LogP contribution in [0.3, 0.4) is 0 Å². The van der Waals surface area contributed by atoms with Crippen molar-refractivity contribution in [2.75, 3.05) is 0 Å². The molecule has 0 bridgehead atoms. The number of nitrogens with zero attached hydrogens (tertiary/aromatic N) is 1. The Morgan fingerprint density at radius 2 is 2.11 bits per heavy atom. The Hall–Kier alpha value is -2.38. The van der Waals surface area contributed by atoms with Gasteiger partial charge in [-0.05, 0) is 13.3 Å². The first kappa shape index (κ1) is 13.7. The fraction of sp³-hybridized carbons (Fsp3) is 0.400. The molecule has 0 saturated carbocycles. The van der Waals surface area contributed by atoms with Crippen LogP contribution in [0.2, 0.25) is 0 Å². The molecule has 0 fully saturated rings. The quantitative estimate of drug-likeness (QED) is 0.654. The normalized spacial score (nSPS) is 11.8. The summed E-state index contributed by atoms with van der Waals surface area (Å²) < 4.78 is 4.67. The van der Waals surface area contributed by atoms with E-state index in [1.807, 2.05) is 0 Å². The first-order chi connectivity index (χ1) is 8.40. The summed E-state index contributed by atoms with van der Waals surface area (Å²) in [5.74, 6) is -2.74. The van der Waals surface area contributed by atoms with Crippen LogP contribution in [0.1, 0.15) is 29.1 Å². The molecule has 1 aromatic heterocycles. The van der Waals surface area contributed by atoms with Crippen molar-refractivity contribution in [1.29, 1.82) is 0 Å². The second-order valence-electron chi connectivity index (χ2n) is 3.62. The van der Waals surface area contributed by atoms with Crippen molar-refractivity contribution in [3.8, 4) is 0 Å². The maximum absolute atomic E-state index is 11.6. The van der Waals surface area contributed by atoms with Gasteiger partial charge in [-0.2, -0.15) is 0 Å². The van der Waals surface area contributed by atoms with Crippen molar-refractivity contribution < 1.29 is 29.1 Å². The van der Waals surface area contributed by atoms with Crippen LogP contribution in [0, 0.1) is 6.92 Å². The zero-order valence-corrected chi connectivity index (χ0v) is 9.54. The van der Waals surface area contributed by atoms with Crippen molar-refractivity contribution in [2.24, 2.45) is 0 Å². The van der Waals surface area contributed by atoms with Crippen LogP contribution in [0.4, 0.5) is 0 Å². The van der Waals surface area contributed by atoms with E-state index < -0.39 is 23.9 Å². The van der Waals surface area contributed by atoms with Crippen LogP contribution < -0.4 is 5.32 Å². The molecule has 8 heteroatoms. The number of aryl methyl sites for hydroxylation is 1. The van der Waals surface area contributed by atoms with Gasteiger partial charge in [-0.1, -0.05) is 5.16 Å². The first-order valence-electron chi connectivity index (χ1n) is 5.09. The fourth-order valence-corrected chi connectivity index (χ4v) is 1.23. The molecule has 18 heavy (non-hydrogen) atoms. The highest BCUT2D eigenvalue weighted by Crippen LogP contribution is 2.04. The number of carboxylic acid groups (broad SMARTS) is 2. The summed E-state index contributed by atoms with van der Waals surface area (Å²) in [7, 11) is 0. The third-order valence-electron chi connectivity index (χ3n) is 2.11. The molecule has 8 nitrogen and oxygen atoms in total. The van der Waals surface area contributed by atoms with Gasteiger partial charge in [0.05, 0.1) is 0 Å². The van der Waals surface area contributed by atoms with Gasteiger partial charge >= 0.3 is 11.9 Å². The zero-order valence-electron chi connectivity index (χ0n) is 9.54. The molecule has 1 atom stereocenters. The lowest BCUT2D eigenvalue weighted by Gasteiger charge is -2.11. The number of aliphatic carboxylic acids is 2. The topological polar surface area (TPSA) is 130 Å². The molecule has 0 aliphatic heterocycles. The van der Waals surface area contributed by atoms with E-state index in [2.05, 4.69) is 15.0 Å². The Labute approximate surface area is 102 Å². The van der Waals surface area contributed by atoms with Crippen LogP contribution >= 0.6 is 0 Å². The molecule has 1 aromatic rings. The van der Waals surface area contributed by atoms with E-state index in [1.165, 1.54) is 6.07 Å². The van der Waals surface area contributed by atoms with Crippen molar-refractivity contribution in [3.05, 3.63) is 17.5 Å². The maximum atomic E-state index is 11.6. The Morgan fingerprint density at radius 3 is 2.56 bits per heavy atom. The molecular weight excluding hydrogens is 244 g/mol. The lowest BCUT2D eigenvalue weighted by Crippen LogP contribution is -2.41. The number of hydrogen-bond donors (Lipinski definition) is 3. The fourth-order valence-electron chi connectivity index (χ4n) is 1.23. The van der Waals surface area contributed by atoms with Crippen molar-refractivity contribution in [3.63, 3.8) is 0 Å². The average Bonchev–Trinajstić information content (AvgIpc) is 2.70. The minimum absolute atomic E-state index is 0.0472. The molecule has 0 spiro atoms. The second-order valence-corrected chi connectivity index (χ2v) is 3.62. The number of rotatable bonds is 6. The summed E-state index contributed by atoms with van der Waals surface area (Å²) in [6.45, 7) is 1.59. The number of carboxylic acids is 2. The van der Waals surface area contributed by atoms with Gasteiger partial charge in [-0.3, -0.25) is 9.59 Å². The third kappa shape index (κ3) is 3.89. The van der Waals surface area contributed by atoms with Crippen LogP contribution in [0.25, 0.3) is 0 Å². The summed E-state index contributed by atoms with van der Waals surface area (Å²) in [5.41, 5.74) is -0.0472. The van der Waals surface area contributed by atoms with Gasteiger partial charge in [-0.15, -0.1) is 0 Å². The molecule has 98 valence electrons. The highest BCUT2D eigenvalue weighted by molar-refractivity contribution is 5.94. The third-order valence-corrected chi connectivity index (χ3v) is 2.11. The van der Waals surface area contributed by atoms with Crippen LogP contribution in [-0.2, 0) is 9.59 Å². The average molecular weight is 256 g/mol. The minimum atomic E-state index is -1.30. The largest absolute Gasteiger partial charge is 0.481 e. The summed E-state index contributed by atoms with van der Waals surface area (Å²) in [5, 5.41) is 22.9. The van der Waals surface area contributed by atoms with E-state index in [-0.39, 0.29) is 18.5 Å². The molecule has 1 amide bonds. The van der Waals surface area contributed by atoms with Crippen LogP contribution in [0.5, 0.6) is 0 Å². The standard InChI is InChI=1S/C10H12N2O6/c1-5-4-7(12-18-5)9(15)11-6(10(16)17)2-3-8(13)14/h4,6H,2-3H2,1H3,(H,11,15)(H,13,14)(H,16,17). The minimum Gasteiger partial charge on any atom is -0.481 e. The van der Waals surface area contributed by atoms with Crippen molar-refractivity contribution in [2.45, 2.75) is 25.8 Å². The molecule has 0 saturated heterocycles. The number of amides is 1. The highest BCUT2D eigenvalue weighted by Gasteiger charge is 2.22. The number of carbonyl (C=O) groups excluding carboxylic acids is 1. The Morgan fingerprint density at radius 1 is 1.44 bits per heavy atom. The summed E-state index contributed by atoms with van der Waals surface area (Å²) in [4.78, 5) is 32.8. The first-order valence-corrected chi connectivity index (χ1v) is 5.09.